The number of hydrogen-bond donors (Lipinski definition) is 1. The van der Waals surface area contributed by atoms with Crippen LogP contribution in [0.2, 0.25) is 0 Å². The van der Waals surface area contributed by atoms with E-state index in [4.69, 9.17) is 0 Å². The van der Waals surface area contributed by atoms with E-state index >= 15 is 0 Å². The van der Waals surface area contributed by atoms with E-state index in [-0.39, 0.29) is 5.91 Å². The molecule has 0 bridgehead atoms. The third-order valence-electron chi connectivity index (χ3n) is 5.09. The van der Waals surface area contributed by atoms with Crippen LogP contribution in [0.25, 0.3) is 6.08 Å². The number of hydrogen-bond acceptors (Lipinski definition) is 5. The lowest BCUT2D eigenvalue weighted by molar-refractivity contribution is 0.0644. The lowest BCUT2D eigenvalue weighted by Gasteiger charge is -2.33. The monoisotopic (exact) mass is 393 g/mol. The Kier molecular flexibility index (Phi) is 8.19. The molecule has 2 aromatic rings. The zero-order valence-electron chi connectivity index (χ0n) is 17.3. The Morgan fingerprint density at radius 2 is 1.86 bits per heavy atom. The van der Waals surface area contributed by atoms with Crippen molar-refractivity contribution in [3.05, 3.63) is 60.1 Å². The summed E-state index contributed by atoms with van der Waals surface area (Å²) in [5, 5.41) is 3.25. The van der Waals surface area contributed by atoms with Gasteiger partial charge < -0.3 is 10.2 Å². The van der Waals surface area contributed by atoms with Gasteiger partial charge in [-0.1, -0.05) is 62.2 Å². The van der Waals surface area contributed by atoms with Crippen LogP contribution in [0.3, 0.4) is 0 Å². The molecule has 0 saturated carbocycles. The van der Waals surface area contributed by atoms with Crippen LogP contribution in [-0.2, 0) is 0 Å². The zero-order valence-corrected chi connectivity index (χ0v) is 17.3. The molecule has 0 atom stereocenters. The van der Waals surface area contributed by atoms with E-state index in [9.17, 15) is 4.79 Å². The van der Waals surface area contributed by atoms with Gasteiger partial charge in [-0.3, -0.25) is 9.69 Å². The van der Waals surface area contributed by atoms with Gasteiger partial charge in [0.2, 0.25) is 0 Å². The molecule has 29 heavy (non-hydrogen) atoms. The molecule has 0 spiro atoms. The Morgan fingerprint density at radius 1 is 1.07 bits per heavy atom. The van der Waals surface area contributed by atoms with E-state index in [1.165, 1.54) is 18.4 Å². The van der Waals surface area contributed by atoms with Crippen molar-refractivity contribution in [1.82, 2.24) is 19.8 Å². The number of carbonyl (C=O) groups excluding carboxylic acids is 1. The first kappa shape index (κ1) is 21.0. The molecular formula is C23H31N5O. The van der Waals surface area contributed by atoms with E-state index in [1.54, 1.807) is 12.4 Å². The second-order valence-corrected chi connectivity index (χ2v) is 7.33. The molecule has 1 aliphatic rings. The third kappa shape index (κ3) is 6.68. The van der Waals surface area contributed by atoms with Crippen molar-refractivity contribution in [2.24, 2.45) is 0 Å². The van der Waals surface area contributed by atoms with Gasteiger partial charge in [0, 0.05) is 39.3 Å². The SMILES string of the molecule is CCCCCNc1cnc(C(=O)N2CCN(C/C=C/c3ccccc3)CC2)cn1. The predicted octanol–water partition coefficient (Wildman–Crippen LogP) is 3.55. The Hall–Kier alpha value is -2.73. The summed E-state index contributed by atoms with van der Waals surface area (Å²) in [6.45, 7) is 7.14. The highest BCUT2D eigenvalue weighted by molar-refractivity contribution is 5.92. The fraction of sp³-hybridized carbons (Fsp3) is 0.435. The zero-order chi connectivity index (χ0) is 20.3. The largest absolute Gasteiger partial charge is 0.369 e. The summed E-state index contributed by atoms with van der Waals surface area (Å²) >= 11 is 0. The third-order valence-corrected chi connectivity index (χ3v) is 5.09. The lowest BCUT2D eigenvalue weighted by Crippen LogP contribution is -2.48. The van der Waals surface area contributed by atoms with Gasteiger partial charge in [0.25, 0.3) is 5.91 Å². The number of rotatable bonds is 9. The lowest BCUT2D eigenvalue weighted by atomic mass is 10.2. The maximum Gasteiger partial charge on any atom is 0.274 e. The summed E-state index contributed by atoms with van der Waals surface area (Å²) in [6, 6.07) is 10.3. The summed E-state index contributed by atoms with van der Waals surface area (Å²) in [5.74, 6) is 0.696. The van der Waals surface area contributed by atoms with E-state index in [2.05, 4.69) is 51.4 Å². The minimum Gasteiger partial charge on any atom is -0.369 e. The number of aromatic nitrogens is 2. The number of nitrogens with zero attached hydrogens (tertiary/aromatic N) is 4. The Bertz CT molecular complexity index is 768. The van der Waals surface area contributed by atoms with Gasteiger partial charge in [0.1, 0.15) is 11.5 Å². The van der Waals surface area contributed by atoms with Crippen LogP contribution in [0.4, 0.5) is 5.82 Å². The van der Waals surface area contributed by atoms with Crippen molar-refractivity contribution in [2.75, 3.05) is 44.6 Å². The molecule has 1 saturated heterocycles. The molecule has 6 heteroatoms. The topological polar surface area (TPSA) is 61.4 Å². The van der Waals surface area contributed by atoms with Crippen molar-refractivity contribution in [3.63, 3.8) is 0 Å². The number of anilines is 1. The highest BCUT2D eigenvalue weighted by atomic mass is 16.2. The van der Waals surface area contributed by atoms with Crippen LogP contribution in [0.1, 0.15) is 42.2 Å². The average molecular weight is 394 g/mol. The summed E-state index contributed by atoms with van der Waals surface area (Å²) < 4.78 is 0. The van der Waals surface area contributed by atoms with Crippen LogP contribution < -0.4 is 5.32 Å². The summed E-state index contributed by atoms with van der Waals surface area (Å²) in [4.78, 5) is 25.6. The number of carbonyl (C=O) groups is 1. The van der Waals surface area contributed by atoms with E-state index in [0.29, 0.717) is 5.69 Å². The molecule has 1 aromatic heterocycles. The second kappa shape index (κ2) is 11.3. The molecule has 1 amide bonds. The number of amides is 1. The number of benzene rings is 1. The van der Waals surface area contributed by atoms with Crippen molar-refractivity contribution in [1.29, 1.82) is 0 Å². The van der Waals surface area contributed by atoms with Crippen LogP contribution in [-0.4, -0.2) is 64.9 Å². The van der Waals surface area contributed by atoms with Crippen molar-refractivity contribution < 1.29 is 4.79 Å². The van der Waals surface area contributed by atoms with Gasteiger partial charge in [-0.25, -0.2) is 9.97 Å². The molecule has 0 radical (unpaired) electrons. The smallest absolute Gasteiger partial charge is 0.274 e. The fourth-order valence-electron chi connectivity index (χ4n) is 3.32. The minimum atomic E-state index is -0.0329. The molecule has 1 aliphatic heterocycles. The van der Waals surface area contributed by atoms with Crippen molar-refractivity contribution >= 4 is 17.8 Å². The molecular weight excluding hydrogens is 362 g/mol. The van der Waals surface area contributed by atoms with E-state index < -0.39 is 0 Å². The maximum absolute atomic E-state index is 12.7. The van der Waals surface area contributed by atoms with Gasteiger partial charge in [0.15, 0.2) is 0 Å². The summed E-state index contributed by atoms with van der Waals surface area (Å²) in [7, 11) is 0. The highest BCUT2D eigenvalue weighted by Crippen LogP contribution is 2.09. The van der Waals surface area contributed by atoms with Gasteiger partial charge in [-0.2, -0.15) is 0 Å². The first-order chi connectivity index (χ1) is 14.3. The van der Waals surface area contributed by atoms with Crippen LogP contribution in [0.5, 0.6) is 0 Å². The quantitative estimate of drug-likeness (QED) is 0.660. The first-order valence-electron chi connectivity index (χ1n) is 10.6. The average Bonchev–Trinajstić information content (AvgIpc) is 2.78. The van der Waals surface area contributed by atoms with Crippen LogP contribution in [0, 0.1) is 0 Å². The summed E-state index contributed by atoms with van der Waals surface area (Å²) in [6.07, 6.45) is 11.1. The highest BCUT2D eigenvalue weighted by Gasteiger charge is 2.22. The molecule has 1 fully saturated rings. The molecule has 0 aliphatic carbocycles. The van der Waals surface area contributed by atoms with E-state index in [1.807, 2.05) is 23.1 Å². The molecule has 154 valence electrons. The number of piperazine rings is 1. The molecule has 6 nitrogen and oxygen atoms in total. The number of nitrogens with one attached hydrogen (secondary N) is 1. The van der Waals surface area contributed by atoms with Crippen LogP contribution in [0.15, 0.2) is 48.8 Å². The van der Waals surface area contributed by atoms with Gasteiger partial charge in [0.05, 0.1) is 12.4 Å². The minimum absolute atomic E-state index is 0.0329. The van der Waals surface area contributed by atoms with Crippen molar-refractivity contribution in [2.45, 2.75) is 26.2 Å². The molecule has 2 heterocycles. The summed E-state index contributed by atoms with van der Waals surface area (Å²) in [5.41, 5.74) is 1.63. The Balaban J connectivity index is 1.42. The van der Waals surface area contributed by atoms with Crippen LogP contribution >= 0.6 is 0 Å². The molecule has 1 aromatic carbocycles. The van der Waals surface area contributed by atoms with E-state index in [0.717, 1.165) is 51.5 Å². The van der Waals surface area contributed by atoms with Gasteiger partial charge >= 0.3 is 0 Å². The standard InChI is InChI=1S/C23H31N5O/c1-2-3-7-12-24-22-19-25-21(18-26-22)23(29)28-16-14-27(15-17-28)13-8-11-20-9-5-4-6-10-20/h4-6,8-11,18-19H,2-3,7,12-17H2,1H3,(H,24,26)/b11-8+. The Morgan fingerprint density at radius 3 is 2.55 bits per heavy atom. The van der Waals surface area contributed by atoms with Crippen molar-refractivity contribution in [3.8, 4) is 0 Å². The first-order valence-corrected chi connectivity index (χ1v) is 10.6. The number of unbranched alkanes of at least 4 members (excludes halogenated alkanes) is 2. The molecule has 1 N–H and O–H groups in total. The molecule has 0 unspecified atom stereocenters. The normalized spacial score (nSPS) is 15.0. The maximum atomic E-state index is 12.7. The van der Waals surface area contributed by atoms with Gasteiger partial charge in [-0.05, 0) is 12.0 Å². The predicted molar refractivity (Wildman–Crippen MR) is 118 cm³/mol. The Labute approximate surface area is 173 Å². The second-order valence-electron chi connectivity index (χ2n) is 7.33. The fourth-order valence-corrected chi connectivity index (χ4v) is 3.32. The van der Waals surface area contributed by atoms with Gasteiger partial charge in [-0.15, -0.1) is 0 Å². The molecule has 3 rings (SSSR count).